The van der Waals surface area contributed by atoms with E-state index in [1.807, 2.05) is 13.8 Å². The quantitative estimate of drug-likeness (QED) is 0.657. The fourth-order valence-corrected chi connectivity index (χ4v) is 2.98. The van der Waals surface area contributed by atoms with E-state index in [2.05, 4.69) is 79.6 Å². The van der Waals surface area contributed by atoms with Gasteiger partial charge in [-0.25, -0.2) is 0 Å². The first-order valence-electron chi connectivity index (χ1n) is 8.27. The van der Waals surface area contributed by atoms with Crippen molar-refractivity contribution in [2.75, 3.05) is 14.1 Å². The van der Waals surface area contributed by atoms with E-state index in [-0.39, 0.29) is 0 Å². The van der Waals surface area contributed by atoms with E-state index in [0.29, 0.717) is 6.04 Å². The van der Waals surface area contributed by atoms with E-state index >= 15 is 0 Å². The van der Waals surface area contributed by atoms with Crippen LogP contribution in [-0.4, -0.2) is 24.2 Å². The molecule has 1 heterocycles. The molecule has 0 N–H and O–H groups in total. The Hall–Kier alpha value is -2.39. The molecule has 1 atom stereocenters. The number of hydrogen-bond donors (Lipinski definition) is 0. The highest BCUT2D eigenvalue weighted by Crippen LogP contribution is 2.30. The van der Waals surface area contributed by atoms with Crippen molar-refractivity contribution in [3.63, 3.8) is 0 Å². The summed E-state index contributed by atoms with van der Waals surface area (Å²) in [7, 11) is 4.21. The summed E-state index contributed by atoms with van der Waals surface area (Å²) in [6.07, 6.45) is 0. The minimum absolute atomic E-state index is 0.418. The molecule has 0 fully saturated rings. The summed E-state index contributed by atoms with van der Waals surface area (Å²) >= 11 is 0. The molecule has 2 aromatic carbocycles. The monoisotopic (exact) mass is 320 g/mol. The topological polar surface area (TPSA) is 29.3 Å². The van der Waals surface area contributed by atoms with E-state index in [0.717, 1.165) is 22.6 Å². The van der Waals surface area contributed by atoms with E-state index in [1.165, 1.54) is 16.7 Å². The van der Waals surface area contributed by atoms with Crippen LogP contribution in [0.3, 0.4) is 0 Å². The van der Waals surface area contributed by atoms with Crippen molar-refractivity contribution in [2.24, 2.45) is 0 Å². The molecule has 0 bridgehead atoms. The zero-order valence-corrected chi connectivity index (χ0v) is 15.0. The van der Waals surface area contributed by atoms with Crippen LogP contribution in [0.15, 0.2) is 53.1 Å². The fourth-order valence-electron chi connectivity index (χ4n) is 2.98. The van der Waals surface area contributed by atoms with Crippen LogP contribution in [0.4, 0.5) is 0 Å². The molecule has 124 valence electrons. The molecule has 1 aromatic heterocycles. The molecule has 0 amide bonds. The third kappa shape index (κ3) is 3.13. The van der Waals surface area contributed by atoms with Gasteiger partial charge in [-0.2, -0.15) is 0 Å². The average Bonchev–Trinajstić information content (AvgIpc) is 2.93. The summed E-state index contributed by atoms with van der Waals surface area (Å²) in [6, 6.07) is 17.8. The molecular formula is C21H24N2O. The highest BCUT2D eigenvalue weighted by Gasteiger charge is 2.11. The standard InChI is InChI=1S/C21H24N2O/c1-14-21(16(3)24-22-14)20-12-10-19(11-13-20)18-8-6-17(7-9-18)15(2)23(4)5/h6-13,15H,1-5H3. The van der Waals surface area contributed by atoms with Gasteiger partial charge in [0.1, 0.15) is 5.76 Å². The molecule has 3 rings (SSSR count). The largest absolute Gasteiger partial charge is 0.361 e. The van der Waals surface area contributed by atoms with Crippen LogP contribution >= 0.6 is 0 Å². The van der Waals surface area contributed by atoms with Crippen molar-refractivity contribution in [1.29, 1.82) is 0 Å². The lowest BCUT2D eigenvalue weighted by atomic mass is 9.98. The number of nitrogens with zero attached hydrogens (tertiary/aromatic N) is 2. The second-order valence-electron chi connectivity index (χ2n) is 6.54. The van der Waals surface area contributed by atoms with Crippen LogP contribution in [0.1, 0.15) is 30.0 Å². The molecule has 0 radical (unpaired) electrons. The Kier molecular flexibility index (Phi) is 4.54. The summed E-state index contributed by atoms with van der Waals surface area (Å²) < 4.78 is 5.27. The Bertz CT molecular complexity index is 795. The second kappa shape index (κ2) is 6.62. The van der Waals surface area contributed by atoms with Gasteiger partial charge in [0.25, 0.3) is 0 Å². The number of rotatable bonds is 4. The van der Waals surface area contributed by atoms with E-state index in [4.69, 9.17) is 4.52 Å². The Morgan fingerprint density at radius 3 is 1.79 bits per heavy atom. The van der Waals surface area contributed by atoms with Crippen LogP contribution in [0.2, 0.25) is 0 Å². The number of aryl methyl sites for hydroxylation is 2. The summed E-state index contributed by atoms with van der Waals surface area (Å²) in [6.45, 7) is 6.14. The normalized spacial score (nSPS) is 12.6. The molecule has 0 aliphatic heterocycles. The maximum atomic E-state index is 5.27. The first-order chi connectivity index (χ1) is 11.5. The molecule has 0 saturated heterocycles. The van der Waals surface area contributed by atoms with Crippen LogP contribution in [0.5, 0.6) is 0 Å². The highest BCUT2D eigenvalue weighted by atomic mass is 16.5. The van der Waals surface area contributed by atoms with Crippen molar-refractivity contribution >= 4 is 0 Å². The van der Waals surface area contributed by atoms with Crippen molar-refractivity contribution in [1.82, 2.24) is 10.1 Å². The first-order valence-corrected chi connectivity index (χ1v) is 8.27. The third-order valence-electron chi connectivity index (χ3n) is 4.71. The van der Waals surface area contributed by atoms with E-state index < -0.39 is 0 Å². The summed E-state index contributed by atoms with van der Waals surface area (Å²) in [5, 5.41) is 4.03. The van der Waals surface area contributed by atoms with Crippen LogP contribution < -0.4 is 0 Å². The Labute approximate surface area is 143 Å². The molecule has 3 aromatic rings. The van der Waals surface area contributed by atoms with Gasteiger partial charge >= 0.3 is 0 Å². The van der Waals surface area contributed by atoms with Crippen LogP contribution in [0.25, 0.3) is 22.3 Å². The molecule has 0 saturated carbocycles. The maximum Gasteiger partial charge on any atom is 0.141 e. The molecule has 3 nitrogen and oxygen atoms in total. The SMILES string of the molecule is Cc1noc(C)c1-c1ccc(-c2ccc(C(C)N(C)C)cc2)cc1. The minimum atomic E-state index is 0.418. The van der Waals surface area contributed by atoms with Gasteiger partial charge in [0.15, 0.2) is 0 Å². The Morgan fingerprint density at radius 1 is 0.833 bits per heavy atom. The number of benzene rings is 2. The van der Waals surface area contributed by atoms with Crippen molar-refractivity contribution in [2.45, 2.75) is 26.8 Å². The summed E-state index contributed by atoms with van der Waals surface area (Å²) in [5.74, 6) is 0.863. The molecule has 24 heavy (non-hydrogen) atoms. The molecule has 3 heteroatoms. The van der Waals surface area contributed by atoms with Gasteiger partial charge in [0.05, 0.1) is 5.69 Å². The first kappa shape index (κ1) is 16.5. The molecular weight excluding hydrogens is 296 g/mol. The van der Waals surface area contributed by atoms with Crippen molar-refractivity contribution < 1.29 is 4.52 Å². The molecule has 0 aliphatic carbocycles. The molecule has 0 aliphatic rings. The van der Waals surface area contributed by atoms with Crippen molar-refractivity contribution in [3.05, 3.63) is 65.5 Å². The lowest BCUT2D eigenvalue weighted by molar-refractivity contribution is 0.321. The number of hydrogen-bond acceptors (Lipinski definition) is 3. The molecule has 0 spiro atoms. The van der Waals surface area contributed by atoms with Crippen LogP contribution in [-0.2, 0) is 0 Å². The van der Waals surface area contributed by atoms with E-state index in [1.54, 1.807) is 0 Å². The molecule has 1 unspecified atom stereocenters. The lowest BCUT2D eigenvalue weighted by Gasteiger charge is -2.20. The smallest absolute Gasteiger partial charge is 0.141 e. The fraction of sp³-hybridized carbons (Fsp3) is 0.286. The van der Waals surface area contributed by atoms with E-state index in [9.17, 15) is 0 Å². The van der Waals surface area contributed by atoms with Gasteiger partial charge in [-0.15, -0.1) is 0 Å². The zero-order valence-electron chi connectivity index (χ0n) is 15.0. The van der Waals surface area contributed by atoms with Gasteiger partial charge in [0.2, 0.25) is 0 Å². The third-order valence-corrected chi connectivity index (χ3v) is 4.71. The Morgan fingerprint density at radius 2 is 1.33 bits per heavy atom. The average molecular weight is 320 g/mol. The number of aromatic nitrogens is 1. The van der Waals surface area contributed by atoms with Crippen LogP contribution in [0, 0.1) is 13.8 Å². The highest BCUT2D eigenvalue weighted by molar-refractivity contribution is 5.72. The summed E-state index contributed by atoms with van der Waals surface area (Å²) in [5.41, 5.74) is 6.95. The lowest BCUT2D eigenvalue weighted by Crippen LogP contribution is -2.16. The van der Waals surface area contributed by atoms with Crippen molar-refractivity contribution in [3.8, 4) is 22.3 Å². The summed E-state index contributed by atoms with van der Waals surface area (Å²) in [4.78, 5) is 2.22. The minimum Gasteiger partial charge on any atom is -0.361 e. The predicted molar refractivity (Wildman–Crippen MR) is 99.0 cm³/mol. The Balaban J connectivity index is 1.86. The van der Waals surface area contributed by atoms with Gasteiger partial charge < -0.3 is 9.42 Å². The maximum absolute atomic E-state index is 5.27. The van der Waals surface area contributed by atoms with Gasteiger partial charge in [-0.05, 0) is 57.1 Å². The van der Waals surface area contributed by atoms with Gasteiger partial charge in [-0.3, -0.25) is 0 Å². The predicted octanol–water partition coefficient (Wildman–Crippen LogP) is 5.25. The van der Waals surface area contributed by atoms with Gasteiger partial charge in [-0.1, -0.05) is 53.7 Å². The zero-order chi connectivity index (χ0) is 17.3. The van der Waals surface area contributed by atoms with Gasteiger partial charge in [0, 0.05) is 11.6 Å². The second-order valence-corrected chi connectivity index (χ2v) is 6.54.